The number of halogens is 1. The van der Waals surface area contributed by atoms with E-state index in [1.807, 2.05) is 0 Å². The average Bonchev–Trinajstić information content (AvgIpc) is 3.33. The van der Waals surface area contributed by atoms with Crippen molar-refractivity contribution in [3.8, 4) is 11.3 Å². The number of nitrogens with one attached hydrogen (secondary N) is 1. The summed E-state index contributed by atoms with van der Waals surface area (Å²) < 4.78 is 10.6. The van der Waals surface area contributed by atoms with E-state index in [0.29, 0.717) is 52.1 Å². The van der Waals surface area contributed by atoms with E-state index in [0.717, 1.165) is 10.4 Å². The molecule has 8 nitrogen and oxygen atoms in total. The van der Waals surface area contributed by atoms with Gasteiger partial charge in [0.15, 0.2) is 0 Å². The van der Waals surface area contributed by atoms with Crippen molar-refractivity contribution in [3.05, 3.63) is 56.6 Å². The molecule has 2 amide bonds. The van der Waals surface area contributed by atoms with E-state index < -0.39 is 11.9 Å². The number of esters is 1. The standard InChI is InChI=1S/C23H22ClN3O5S/c1-4-31-23(30)19-15-9-10-27(13(3)28)11-17(15)33-22(19)25-21(29)18-12(2)32-26-20(18)14-7-5-6-8-16(14)24/h5-8H,4,9-11H2,1-3H3,(H,25,29). The van der Waals surface area contributed by atoms with Crippen LogP contribution in [0.25, 0.3) is 11.3 Å². The second-order valence-electron chi connectivity index (χ2n) is 7.52. The van der Waals surface area contributed by atoms with E-state index in [4.69, 9.17) is 20.9 Å². The smallest absolute Gasteiger partial charge is 0.341 e. The molecule has 4 rings (SSSR count). The predicted octanol–water partition coefficient (Wildman–Crippen LogP) is 4.70. The van der Waals surface area contributed by atoms with E-state index in [2.05, 4.69) is 10.5 Å². The van der Waals surface area contributed by atoms with Crippen LogP contribution >= 0.6 is 22.9 Å². The Balaban J connectivity index is 1.72. The summed E-state index contributed by atoms with van der Waals surface area (Å²) in [6.07, 6.45) is 0.507. The minimum atomic E-state index is -0.505. The number of hydrogen-bond donors (Lipinski definition) is 1. The SMILES string of the molecule is CCOC(=O)c1c(NC(=O)c2c(-c3ccccc3Cl)noc2C)sc2c1CCN(C(C)=O)C2. The third-order valence-corrected chi connectivity index (χ3v) is 6.89. The van der Waals surface area contributed by atoms with Crippen LogP contribution in [0.1, 0.15) is 50.8 Å². The molecule has 0 spiro atoms. The van der Waals surface area contributed by atoms with Crippen molar-refractivity contribution in [1.82, 2.24) is 10.1 Å². The van der Waals surface area contributed by atoms with Gasteiger partial charge in [-0.1, -0.05) is 35.0 Å². The number of fused-ring (bicyclic) bond motifs is 1. The molecular formula is C23H22ClN3O5S. The van der Waals surface area contributed by atoms with Crippen LogP contribution in [0.3, 0.4) is 0 Å². The summed E-state index contributed by atoms with van der Waals surface area (Å²) in [4.78, 5) is 40.5. The van der Waals surface area contributed by atoms with Gasteiger partial charge in [0.1, 0.15) is 22.0 Å². The molecule has 172 valence electrons. The summed E-state index contributed by atoms with van der Waals surface area (Å²) in [5.41, 5.74) is 2.25. The molecule has 0 bridgehead atoms. The van der Waals surface area contributed by atoms with E-state index in [1.54, 1.807) is 43.0 Å². The van der Waals surface area contributed by atoms with E-state index >= 15 is 0 Å². The van der Waals surface area contributed by atoms with Gasteiger partial charge < -0.3 is 19.5 Å². The van der Waals surface area contributed by atoms with Crippen molar-refractivity contribution >= 4 is 45.7 Å². The summed E-state index contributed by atoms with van der Waals surface area (Å²) in [6.45, 7) is 5.97. The van der Waals surface area contributed by atoms with Gasteiger partial charge in [-0.25, -0.2) is 4.79 Å². The Morgan fingerprint density at radius 3 is 2.73 bits per heavy atom. The summed E-state index contributed by atoms with van der Waals surface area (Å²) in [6, 6.07) is 7.03. The number of aryl methyl sites for hydroxylation is 1. The number of hydrogen-bond acceptors (Lipinski definition) is 7. The number of thiophene rings is 1. The zero-order valence-corrected chi connectivity index (χ0v) is 19.9. The maximum absolute atomic E-state index is 13.4. The first-order valence-corrected chi connectivity index (χ1v) is 11.6. The lowest BCUT2D eigenvalue weighted by Gasteiger charge is -2.25. The predicted molar refractivity (Wildman–Crippen MR) is 125 cm³/mol. The number of nitrogens with zero attached hydrogens (tertiary/aromatic N) is 2. The minimum absolute atomic E-state index is 0.0400. The van der Waals surface area contributed by atoms with Gasteiger partial charge in [-0.05, 0) is 31.9 Å². The van der Waals surface area contributed by atoms with Crippen LogP contribution in [0.5, 0.6) is 0 Å². The van der Waals surface area contributed by atoms with Gasteiger partial charge in [-0.15, -0.1) is 11.3 Å². The lowest BCUT2D eigenvalue weighted by atomic mass is 10.0. The Morgan fingerprint density at radius 2 is 2.03 bits per heavy atom. The summed E-state index contributed by atoms with van der Waals surface area (Å²) in [7, 11) is 0. The van der Waals surface area contributed by atoms with Crippen LogP contribution in [-0.4, -0.2) is 41.0 Å². The Bertz CT molecular complexity index is 1250. The minimum Gasteiger partial charge on any atom is -0.462 e. The normalized spacial score (nSPS) is 12.9. The molecule has 0 fully saturated rings. The van der Waals surface area contributed by atoms with Gasteiger partial charge in [0.25, 0.3) is 5.91 Å². The van der Waals surface area contributed by atoms with Gasteiger partial charge in [0, 0.05) is 23.9 Å². The Labute approximate surface area is 199 Å². The van der Waals surface area contributed by atoms with Crippen molar-refractivity contribution < 1.29 is 23.6 Å². The highest BCUT2D eigenvalue weighted by molar-refractivity contribution is 7.17. The summed E-state index contributed by atoms with van der Waals surface area (Å²) in [5, 5.41) is 7.70. The summed E-state index contributed by atoms with van der Waals surface area (Å²) >= 11 is 7.58. The molecule has 1 aromatic carbocycles. The van der Waals surface area contributed by atoms with Crippen LogP contribution in [0.2, 0.25) is 5.02 Å². The van der Waals surface area contributed by atoms with Crippen LogP contribution in [0.15, 0.2) is 28.8 Å². The van der Waals surface area contributed by atoms with Gasteiger partial charge >= 0.3 is 5.97 Å². The highest BCUT2D eigenvalue weighted by Crippen LogP contribution is 2.39. The van der Waals surface area contributed by atoms with Crippen molar-refractivity contribution in [2.75, 3.05) is 18.5 Å². The fraction of sp³-hybridized carbons (Fsp3) is 0.304. The number of ether oxygens (including phenoxy) is 1. The Hall–Kier alpha value is -3.17. The van der Waals surface area contributed by atoms with Crippen LogP contribution < -0.4 is 5.32 Å². The zero-order valence-electron chi connectivity index (χ0n) is 18.4. The quantitative estimate of drug-likeness (QED) is 0.523. The topological polar surface area (TPSA) is 102 Å². The van der Waals surface area contributed by atoms with Crippen LogP contribution in [-0.2, 0) is 22.5 Å². The molecule has 10 heteroatoms. The maximum atomic E-state index is 13.4. The molecule has 2 aromatic heterocycles. The van der Waals surface area contributed by atoms with Crippen molar-refractivity contribution in [3.63, 3.8) is 0 Å². The number of benzene rings is 1. The van der Waals surface area contributed by atoms with E-state index in [-0.39, 0.29) is 18.1 Å². The number of rotatable bonds is 5. The lowest BCUT2D eigenvalue weighted by Crippen LogP contribution is -2.34. The first-order valence-electron chi connectivity index (χ1n) is 10.4. The number of carbonyl (C=O) groups is 3. The first kappa shape index (κ1) is 23.0. The second-order valence-corrected chi connectivity index (χ2v) is 9.03. The highest BCUT2D eigenvalue weighted by atomic mass is 35.5. The van der Waals surface area contributed by atoms with E-state index in [9.17, 15) is 14.4 Å². The average molecular weight is 488 g/mol. The fourth-order valence-corrected chi connectivity index (χ4v) is 5.29. The van der Waals surface area contributed by atoms with Crippen LogP contribution in [0.4, 0.5) is 5.00 Å². The molecule has 0 atom stereocenters. The second kappa shape index (κ2) is 9.36. The third kappa shape index (κ3) is 4.38. The Morgan fingerprint density at radius 1 is 1.27 bits per heavy atom. The molecule has 0 saturated carbocycles. The number of anilines is 1. The molecule has 3 aromatic rings. The van der Waals surface area contributed by atoms with E-state index in [1.165, 1.54) is 18.3 Å². The summed E-state index contributed by atoms with van der Waals surface area (Å²) in [5.74, 6) is -0.697. The molecule has 0 unspecified atom stereocenters. The molecule has 0 radical (unpaired) electrons. The molecule has 1 N–H and O–H groups in total. The highest BCUT2D eigenvalue weighted by Gasteiger charge is 2.31. The number of aromatic nitrogens is 1. The van der Waals surface area contributed by atoms with Crippen LogP contribution in [0, 0.1) is 6.92 Å². The number of carbonyl (C=O) groups excluding carboxylic acids is 3. The van der Waals surface area contributed by atoms with Crippen molar-refractivity contribution in [2.24, 2.45) is 0 Å². The molecule has 3 heterocycles. The zero-order chi connectivity index (χ0) is 23.7. The largest absolute Gasteiger partial charge is 0.462 e. The monoisotopic (exact) mass is 487 g/mol. The lowest BCUT2D eigenvalue weighted by molar-refractivity contribution is -0.129. The molecule has 33 heavy (non-hydrogen) atoms. The van der Waals surface area contributed by atoms with Gasteiger partial charge in [-0.3, -0.25) is 9.59 Å². The maximum Gasteiger partial charge on any atom is 0.341 e. The molecule has 1 aliphatic rings. The van der Waals surface area contributed by atoms with Gasteiger partial charge in [-0.2, -0.15) is 0 Å². The van der Waals surface area contributed by atoms with Crippen molar-refractivity contribution in [2.45, 2.75) is 33.7 Å². The molecular weight excluding hydrogens is 466 g/mol. The molecule has 1 aliphatic heterocycles. The number of amides is 2. The molecule has 0 saturated heterocycles. The van der Waals surface area contributed by atoms with Gasteiger partial charge in [0.2, 0.25) is 5.91 Å². The van der Waals surface area contributed by atoms with Gasteiger partial charge in [0.05, 0.1) is 23.7 Å². The Kier molecular flexibility index (Phi) is 6.53. The first-order chi connectivity index (χ1) is 15.8. The fourth-order valence-electron chi connectivity index (χ4n) is 3.82. The third-order valence-electron chi connectivity index (χ3n) is 5.43. The molecule has 0 aliphatic carbocycles. The van der Waals surface area contributed by atoms with Crippen molar-refractivity contribution in [1.29, 1.82) is 0 Å².